The van der Waals surface area contributed by atoms with E-state index < -0.39 is 16.1 Å². The van der Waals surface area contributed by atoms with Crippen LogP contribution in [0.25, 0.3) is 0 Å². The van der Waals surface area contributed by atoms with Crippen molar-refractivity contribution in [2.75, 3.05) is 13.6 Å². The van der Waals surface area contributed by atoms with Crippen molar-refractivity contribution >= 4 is 27.5 Å². The third-order valence-electron chi connectivity index (χ3n) is 2.71. The predicted molar refractivity (Wildman–Crippen MR) is 78.7 cm³/mol. The Morgan fingerprint density at radius 2 is 2.15 bits per heavy atom. The Hall–Kier alpha value is -1.03. The van der Waals surface area contributed by atoms with E-state index in [1.165, 1.54) is 11.4 Å². The maximum atomic E-state index is 11.9. The number of primary amides is 1. The van der Waals surface area contributed by atoms with E-state index in [0.29, 0.717) is 22.1 Å². The van der Waals surface area contributed by atoms with Crippen molar-refractivity contribution in [3.63, 3.8) is 0 Å². The summed E-state index contributed by atoms with van der Waals surface area (Å²) in [4.78, 5) is 15.6. The highest BCUT2D eigenvalue weighted by Crippen LogP contribution is 2.17. The lowest BCUT2D eigenvalue weighted by Gasteiger charge is -2.16. The smallest absolute Gasteiger partial charge is 0.279 e. The van der Waals surface area contributed by atoms with Gasteiger partial charge in [-0.25, -0.2) is 4.98 Å². The number of hydrogen-bond donors (Lipinski definition) is 2. The first-order chi connectivity index (χ1) is 9.27. The summed E-state index contributed by atoms with van der Waals surface area (Å²) in [6.45, 7) is 4.19. The molecule has 0 radical (unpaired) electrons. The standard InChI is InChI=1S/C11H20N4O3S2/c1-4-5-6-15(3)20(17,18)13-7-9-14-8(2)10(19-9)11(12)16/h13H,4-7H2,1-3H3,(H2,12,16). The van der Waals surface area contributed by atoms with Crippen molar-refractivity contribution < 1.29 is 13.2 Å². The molecule has 0 saturated heterocycles. The number of unbranched alkanes of at least 4 members (excludes halogenated alkanes) is 1. The molecule has 9 heteroatoms. The number of carbonyl (C=O) groups is 1. The summed E-state index contributed by atoms with van der Waals surface area (Å²) in [6, 6.07) is 0. The summed E-state index contributed by atoms with van der Waals surface area (Å²) in [5.41, 5.74) is 5.72. The minimum atomic E-state index is -3.52. The van der Waals surface area contributed by atoms with E-state index >= 15 is 0 Å². The SMILES string of the molecule is CCCCN(C)S(=O)(=O)NCc1nc(C)c(C(N)=O)s1. The van der Waals surface area contributed by atoms with E-state index in [2.05, 4.69) is 9.71 Å². The molecule has 0 fully saturated rings. The molecule has 0 aliphatic carbocycles. The Labute approximate surface area is 123 Å². The summed E-state index contributed by atoms with van der Waals surface area (Å²) in [6.07, 6.45) is 1.73. The largest absolute Gasteiger partial charge is 0.365 e. The molecular formula is C11H20N4O3S2. The second kappa shape index (κ2) is 7.11. The number of aryl methyl sites for hydroxylation is 1. The van der Waals surface area contributed by atoms with Gasteiger partial charge in [-0.15, -0.1) is 11.3 Å². The number of thiazole rings is 1. The van der Waals surface area contributed by atoms with Gasteiger partial charge in [0, 0.05) is 13.6 Å². The van der Waals surface area contributed by atoms with Gasteiger partial charge in [-0.05, 0) is 13.3 Å². The average molecular weight is 320 g/mol. The van der Waals surface area contributed by atoms with Gasteiger partial charge in [-0.3, -0.25) is 4.79 Å². The van der Waals surface area contributed by atoms with Crippen LogP contribution in [-0.4, -0.2) is 37.2 Å². The number of nitrogens with one attached hydrogen (secondary N) is 1. The Morgan fingerprint density at radius 1 is 1.50 bits per heavy atom. The number of amides is 1. The van der Waals surface area contributed by atoms with Crippen LogP contribution in [0.4, 0.5) is 0 Å². The molecule has 1 amide bonds. The zero-order valence-electron chi connectivity index (χ0n) is 11.8. The molecule has 3 N–H and O–H groups in total. The third-order valence-corrected chi connectivity index (χ3v) is 5.39. The zero-order valence-corrected chi connectivity index (χ0v) is 13.5. The average Bonchev–Trinajstić information content (AvgIpc) is 2.75. The topological polar surface area (TPSA) is 105 Å². The second-order valence-corrected chi connectivity index (χ2v) is 7.33. The number of nitrogens with zero attached hydrogens (tertiary/aromatic N) is 2. The number of hydrogen-bond acceptors (Lipinski definition) is 5. The predicted octanol–water partition coefficient (Wildman–Crippen LogP) is 0.617. The number of aromatic nitrogens is 1. The van der Waals surface area contributed by atoms with Crippen LogP contribution in [0.5, 0.6) is 0 Å². The monoisotopic (exact) mass is 320 g/mol. The van der Waals surface area contributed by atoms with Crippen molar-refractivity contribution in [2.45, 2.75) is 33.2 Å². The first-order valence-electron chi connectivity index (χ1n) is 6.25. The normalized spacial score (nSPS) is 12.0. The van der Waals surface area contributed by atoms with Gasteiger partial charge < -0.3 is 5.73 Å². The Kier molecular flexibility index (Phi) is 6.06. The zero-order chi connectivity index (χ0) is 15.3. The molecular weight excluding hydrogens is 300 g/mol. The molecule has 0 spiro atoms. The molecule has 114 valence electrons. The second-order valence-electron chi connectivity index (χ2n) is 4.39. The minimum Gasteiger partial charge on any atom is -0.365 e. The van der Waals surface area contributed by atoms with Gasteiger partial charge in [0.1, 0.15) is 9.88 Å². The van der Waals surface area contributed by atoms with Crippen LogP contribution in [0.2, 0.25) is 0 Å². The van der Waals surface area contributed by atoms with Crippen LogP contribution in [0.3, 0.4) is 0 Å². The fourth-order valence-electron chi connectivity index (χ4n) is 1.52. The van der Waals surface area contributed by atoms with Gasteiger partial charge in [-0.2, -0.15) is 17.4 Å². The molecule has 0 aliphatic heterocycles. The van der Waals surface area contributed by atoms with Crippen LogP contribution in [0.15, 0.2) is 0 Å². The fourth-order valence-corrected chi connectivity index (χ4v) is 3.38. The van der Waals surface area contributed by atoms with E-state index in [9.17, 15) is 13.2 Å². The lowest BCUT2D eigenvalue weighted by Crippen LogP contribution is -2.38. The Balaban J connectivity index is 2.66. The van der Waals surface area contributed by atoms with Crippen LogP contribution in [0, 0.1) is 6.92 Å². The number of nitrogens with two attached hydrogens (primary N) is 1. The van der Waals surface area contributed by atoms with E-state index in [-0.39, 0.29) is 6.54 Å². The molecule has 1 aromatic heterocycles. The summed E-state index contributed by atoms with van der Waals surface area (Å²) >= 11 is 1.11. The van der Waals surface area contributed by atoms with Crippen LogP contribution < -0.4 is 10.5 Å². The molecule has 0 saturated carbocycles. The highest BCUT2D eigenvalue weighted by Gasteiger charge is 2.18. The molecule has 0 aliphatic rings. The van der Waals surface area contributed by atoms with Crippen LogP contribution in [-0.2, 0) is 16.8 Å². The minimum absolute atomic E-state index is 0.0532. The van der Waals surface area contributed by atoms with E-state index in [1.807, 2.05) is 6.92 Å². The first-order valence-corrected chi connectivity index (χ1v) is 8.50. The molecule has 0 aromatic carbocycles. The Bertz CT molecular complexity index is 568. The molecule has 7 nitrogen and oxygen atoms in total. The maximum absolute atomic E-state index is 11.9. The third kappa shape index (κ3) is 4.51. The molecule has 0 atom stereocenters. The fraction of sp³-hybridized carbons (Fsp3) is 0.636. The summed E-state index contributed by atoms with van der Waals surface area (Å²) in [5, 5.41) is 0.517. The van der Waals surface area contributed by atoms with Crippen molar-refractivity contribution in [1.29, 1.82) is 0 Å². The first kappa shape index (κ1) is 17.0. The van der Waals surface area contributed by atoms with Crippen molar-refractivity contribution in [3.8, 4) is 0 Å². The van der Waals surface area contributed by atoms with Crippen molar-refractivity contribution in [2.24, 2.45) is 5.73 Å². The van der Waals surface area contributed by atoms with Crippen molar-refractivity contribution in [3.05, 3.63) is 15.6 Å². The summed E-state index contributed by atoms with van der Waals surface area (Å²) < 4.78 is 27.6. The number of carbonyl (C=O) groups excluding carboxylic acids is 1. The van der Waals surface area contributed by atoms with Gasteiger partial charge in [0.15, 0.2) is 0 Å². The van der Waals surface area contributed by atoms with Gasteiger partial charge in [0.25, 0.3) is 16.1 Å². The summed E-state index contributed by atoms with van der Waals surface area (Å²) in [5.74, 6) is -0.547. The van der Waals surface area contributed by atoms with Crippen LogP contribution >= 0.6 is 11.3 Å². The van der Waals surface area contributed by atoms with Gasteiger partial charge in [0.05, 0.1) is 12.2 Å². The molecule has 1 heterocycles. The van der Waals surface area contributed by atoms with E-state index in [4.69, 9.17) is 5.73 Å². The number of rotatable bonds is 8. The van der Waals surface area contributed by atoms with Gasteiger partial charge in [-0.1, -0.05) is 13.3 Å². The quantitative estimate of drug-likeness (QED) is 0.732. The van der Waals surface area contributed by atoms with E-state index in [1.54, 1.807) is 6.92 Å². The summed E-state index contributed by atoms with van der Waals surface area (Å²) in [7, 11) is -1.99. The maximum Gasteiger partial charge on any atom is 0.279 e. The van der Waals surface area contributed by atoms with Gasteiger partial charge in [0.2, 0.25) is 0 Å². The Morgan fingerprint density at radius 3 is 2.65 bits per heavy atom. The molecule has 0 unspecified atom stereocenters. The van der Waals surface area contributed by atoms with Gasteiger partial charge >= 0.3 is 0 Å². The lowest BCUT2D eigenvalue weighted by atomic mass is 10.3. The lowest BCUT2D eigenvalue weighted by molar-refractivity contribution is 0.100. The molecule has 0 bridgehead atoms. The molecule has 1 aromatic rings. The highest BCUT2D eigenvalue weighted by atomic mass is 32.2. The van der Waals surface area contributed by atoms with E-state index in [0.717, 1.165) is 24.2 Å². The molecule has 20 heavy (non-hydrogen) atoms. The highest BCUT2D eigenvalue weighted by molar-refractivity contribution is 7.87. The van der Waals surface area contributed by atoms with Crippen molar-refractivity contribution in [1.82, 2.24) is 14.0 Å². The molecule has 1 rings (SSSR count). The van der Waals surface area contributed by atoms with Crippen LogP contribution in [0.1, 0.15) is 40.1 Å².